The summed E-state index contributed by atoms with van der Waals surface area (Å²) in [4.78, 5) is 23.1. The SMILES string of the molecule is Cl.NC(CNC(=O)CNC(=O)COc1ccccc1)C1CC1. The molecule has 1 aromatic carbocycles. The third-order valence-electron chi connectivity index (χ3n) is 3.32. The largest absolute Gasteiger partial charge is 0.484 e. The minimum atomic E-state index is -0.333. The first-order valence-corrected chi connectivity index (χ1v) is 7.12. The Bertz CT molecular complexity index is 480. The van der Waals surface area contributed by atoms with E-state index in [2.05, 4.69) is 10.6 Å². The quantitative estimate of drug-likeness (QED) is 0.646. The maximum Gasteiger partial charge on any atom is 0.258 e. The van der Waals surface area contributed by atoms with Gasteiger partial charge in [-0.3, -0.25) is 9.59 Å². The molecule has 0 spiro atoms. The van der Waals surface area contributed by atoms with Gasteiger partial charge in [0.25, 0.3) is 5.91 Å². The first-order valence-electron chi connectivity index (χ1n) is 7.12. The van der Waals surface area contributed by atoms with Crippen LogP contribution in [0.25, 0.3) is 0 Å². The summed E-state index contributed by atoms with van der Waals surface area (Å²) in [6, 6.07) is 9.06. The van der Waals surface area contributed by atoms with Gasteiger partial charge in [-0.05, 0) is 30.9 Å². The predicted octanol–water partition coefficient (Wildman–Crippen LogP) is 0.457. The Hall–Kier alpha value is -1.79. The van der Waals surface area contributed by atoms with Gasteiger partial charge in [-0.15, -0.1) is 12.4 Å². The van der Waals surface area contributed by atoms with Crippen LogP contribution in [0.4, 0.5) is 0 Å². The maximum atomic E-state index is 11.5. The molecule has 0 radical (unpaired) electrons. The van der Waals surface area contributed by atoms with Gasteiger partial charge in [0.1, 0.15) is 5.75 Å². The molecule has 1 aliphatic carbocycles. The highest BCUT2D eigenvalue weighted by Crippen LogP contribution is 2.31. The highest BCUT2D eigenvalue weighted by atomic mass is 35.5. The molecule has 0 saturated heterocycles. The first kappa shape index (κ1) is 18.3. The molecule has 0 aromatic heterocycles. The van der Waals surface area contributed by atoms with Gasteiger partial charge in [0, 0.05) is 12.6 Å². The van der Waals surface area contributed by atoms with Crippen molar-refractivity contribution in [1.82, 2.24) is 10.6 Å². The van der Waals surface area contributed by atoms with Gasteiger partial charge in [0.2, 0.25) is 5.91 Å². The molecule has 6 nitrogen and oxygen atoms in total. The summed E-state index contributed by atoms with van der Waals surface area (Å²) in [7, 11) is 0. The molecule has 1 aliphatic rings. The summed E-state index contributed by atoms with van der Waals surface area (Å²) in [5, 5.41) is 5.22. The molecular weight excluding hydrogens is 306 g/mol. The molecule has 0 aliphatic heterocycles. The molecular formula is C15H22ClN3O3. The highest BCUT2D eigenvalue weighted by molar-refractivity contribution is 5.85. The Balaban J connectivity index is 0.00000242. The Morgan fingerprint density at radius 1 is 1.18 bits per heavy atom. The first-order chi connectivity index (χ1) is 10.1. The summed E-state index contributed by atoms with van der Waals surface area (Å²) in [5.41, 5.74) is 5.87. The molecule has 0 bridgehead atoms. The third-order valence-corrected chi connectivity index (χ3v) is 3.32. The number of benzene rings is 1. The minimum absolute atomic E-state index is 0. The fourth-order valence-corrected chi connectivity index (χ4v) is 1.88. The van der Waals surface area contributed by atoms with Gasteiger partial charge in [-0.2, -0.15) is 0 Å². The second-order valence-electron chi connectivity index (χ2n) is 5.18. The second-order valence-corrected chi connectivity index (χ2v) is 5.18. The van der Waals surface area contributed by atoms with Crippen LogP contribution in [-0.2, 0) is 9.59 Å². The minimum Gasteiger partial charge on any atom is -0.484 e. The molecule has 1 saturated carbocycles. The summed E-state index contributed by atoms with van der Waals surface area (Å²) >= 11 is 0. The molecule has 1 aromatic rings. The predicted molar refractivity (Wildman–Crippen MR) is 85.9 cm³/mol. The Labute approximate surface area is 136 Å². The molecule has 2 rings (SSSR count). The summed E-state index contributed by atoms with van der Waals surface area (Å²) in [6.07, 6.45) is 2.29. The van der Waals surface area contributed by atoms with E-state index in [0.717, 1.165) is 12.8 Å². The van der Waals surface area contributed by atoms with Crippen LogP contribution < -0.4 is 21.1 Å². The van der Waals surface area contributed by atoms with Crippen LogP contribution >= 0.6 is 12.4 Å². The summed E-state index contributed by atoms with van der Waals surface area (Å²) < 4.78 is 5.27. The van der Waals surface area contributed by atoms with Crippen LogP contribution in [0.2, 0.25) is 0 Å². The standard InChI is InChI=1S/C15H21N3O3.ClH/c16-13(11-6-7-11)8-17-14(19)9-18-15(20)10-21-12-4-2-1-3-5-12;/h1-5,11,13H,6-10,16H2,(H,17,19)(H,18,20);1H. The summed E-state index contributed by atoms with van der Waals surface area (Å²) in [6.45, 7) is 0.285. The maximum absolute atomic E-state index is 11.5. The van der Waals surface area contributed by atoms with Crippen molar-refractivity contribution in [2.24, 2.45) is 11.7 Å². The molecule has 2 amide bonds. The molecule has 1 fully saturated rings. The molecule has 1 unspecified atom stereocenters. The zero-order chi connectivity index (χ0) is 15.1. The monoisotopic (exact) mass is 327 g/mol. The number of nitrogens with one attached hydrogen (secondary N) is 2. The highest BCUT2D eigenvalue weighted by Gasteiger charge is 2.28. The number of hydrogen-bond donors (Lipinski definition) is 3. The number of nitrogens with two attached hydrogens (primary N) is 1. The number of hydrogen-bond acceptors (Lipinski definition) is 4. The molecule has 1 atom stereocenters. The van der Waals surface area contributed by atoms with Crippen molar-refractivity contribution in [3.8, 4) is 5.75 Å². The van der Waals surface area contributed by atoms with E-state index < -0.39 is 0 Å². The van der Waals surface area contributed by atoms with Gasteiger partial charge in [0.05, 0.1) is 6.54 Å². The van der Waals surface area contributed by atoms with Crippen molar-refractivity contribution in [3.63, 3.8) is 0 Å². The van der Waals surface area contributed by atoms with E-state index in [9.17, 15) is 9.59 Å². The Kier molecular flexibility index (Phi) is 7.70. The van der Waals surface area contributed by atoms with Gasteiger partial charge in [0.15, 0.2) is 6.61 Å². The number of halogens is 1. The van der Waals surface area contributed by atoms with E-state index in [1.165, 1.54) is 0 Å². The van der Waals surface area contributed by atoms with E-state index in [1.807, 2.05) is 18.2 Å². The van der Waals surface area contributed by atoms with Gasteiger partial charge >= 0.3 is 0 Å². The van der Waals surface area contributed by atoms with Gasteiger partial charge in [-0.1, -0.05) is 18.2 Å². The van der Waals surface area contributed by atoms with Crippen LogP contribution in [0, 0.1) is 5.92 Å². The zero-order valence-electron chi connectivity index (χ0n) is 12.3. The normalized spacial score (nSPS) is 14.4. The number of ether oxygens (including phenoxy) is 1. The fraction of sp³-hybridized carbons (Fsp3) is 0.467. The number of rotatable bonds is 8. The van der Waals surface area contributed by atoms with Crippen LogP contribution in [0.5, 0.6) is 5.75 Å². The van der Waals surface area contributed by atoms with Crippen molar-refractivity contribution < 1.29 is 14.3 Å². The van der Waals surface area contributed by atoms with Crippen molar-refractivity contribution >= 4 is 24.2 Å². The van der Waals surface area contributed by atoms with Crippen LogP contribution in [0.3, 0.4) is 0 Å². The molecule has 0 heterocycles. The lowest BCUT2D eigenvalue weighted by atomic mass is 10.2. The molecule has 22 heavy (non-hydrogen) atoms. The lowest BCUT2D eigenvalue weighted by molar-refractivity contribution is -0.127. The van der Waals surface area contributed by atoms with E-state index in [-0.39, 0.29) is 43.4 Å². The van der Waals surface area contributed by atoms with E-state index in [4.69, 9.17) is 10.5 Å². The van der Waals surface area contributed by atoms with Crippen LogP contribution in [0.15, 0.2) is 30.3 Å². The zero-order valence-corrected chi connectivity index (χ0v) is 13.1. The molecule has 7 heteroatoms. The lowest BCUT2D eigenvalue weighted by Crippen LogP contribution is -2.43. The van der Waals surface area contributed by atoms with Gasteiger partial charge < -0.3 is 21.1 Å². The molecule has 4 N–H and O–H groups in total. The number of para-hydroxylation sites is 1. The van der Waals surface area contributed by atoms with E-state index >= 15 is 0 Å². The Morgan fingerprint density at radius 3 is 2.50 bits per heavy atom. The summed E-state index contributed by atoms with van der Waals surface area (Å²) in [5.74, 6) is 0.589. The second kappa shape index (κ2) is 9.27. The third kappa shape index (κ3) is 6.78. The molecule has 122 valence electrons. The van der Waals surface area contributed by atoms with Crippen molar-refractivity contribution in [1.29, 1.82) is 0 Å². The number of amides is 2. The van der Waals surface area contributed by atoms with Crippen molar-refractivity contribution in [2.45, 2.75) is 18.9 Å². The average molecular weight is 328 g/mol. The van der Waals surface area contributed by atoms with Crippen molar-refractivity contribution in [2.75, 3.05) is 19.7 Å². The average Bonchev–Trinajstić information content (AvgIpc) is 3.34. The topological polar surface area (TPSA) is 93.5 Å². The smallest absolute Gasteiger partial charge is 0.258 e. The van der Waals surface area contributed by atoms with Gasteiger partial charge in [-0.25, -0.2) is 0 Å². The van der Waals surface area contributed by atoms with E-state index in [1.54, 1.807) is 12.1 Å². The van der Waals surface area contributed by atoms with Crippen LogP contribution in [0.1, 0.15) is 12.8 Å². The van der Waals surface area contributed by atoms with Crippen LogP contribution in [-0.4, -0.2) is 37.6 Å². The number of carbonyl (C=O) groups excluding carboxylic acids is 2. The Morgan fingerprint density at radius 2 is 1.86 bits per heavy atom. The fourth-order valence-electron chi connectivity index (χ4n) is 1.88. The van der Waals surface area contributed by atoms with Crippen molar-refractivity contribution in [3.05, 3.63) is 30.3 Å². The number of carbonyl (C=O) groups is 2. The van der Waals surface area contributed by atoms with E-state index in [0.29, 0.717) is 18.2 Å². The lowest BCUT2D eigenvalue weighted by Gasteiger charge is -2.12.